The van der Waals surface area contributed by atoms with Gasteiger partial charge in [-0.15, -0.1) is 0 Å². The van der Waals surface area contributed by atoms with Crippen LogP contribution in [-0.2, 0) is 6.54 Å². The van der Waals surface area contributed by atoms with Crippen LogP contribution in [0.3, 0.4) is 0 Å². The van der Waals surface area contributed by atoms with E-state index in [0.29, 0.717) is 0 Å². The van der Waals surface area contributed by atoms with E-state index in [-0.39, 0.29) is 0 Å². The van der Waals surface area contributed by atoms with Crippen LogP contribution in [0, 0.1) is 0 Å². The Labute approximate surface area is 111 Å². The van der Waals surface area contributed by atoms with Gasteiger partial charge < -0.3 is 10.2 Å². The maximum atomic E-state index is 4.56. The van der Waals surface area contributed by atoms with Crippen LogP contribution in [0.25, 0.3) is 0 Å². The number of hydrogen-bond donors (Lipinski definition) is 1. The summed E-state index contributed by atoms with van der Waals surface area (Å²) in [7, 11) is 6.14. The first-order chi connectivity index (χ1) is 8.65. The Kier molecular flexibility index (Phi) is 6.68. The lowest BCUT2D eigenvalue weighted by molar-refractivity contribution is 0.257. The lowest BCUT2D eigenvalue weighted by atomic mass is 10.3. The highest BCUT2D eigenvalue weighted by atomic mass is 15.1. The molecule has 0 bridgehead atoms. The van der Waals surface area contributed by atoms with Crippen molar-refractivity contribution < 1.29 is 0 Å². The minimum Gasteiger partial charge on any atom is -0.373 e. The summed E-state index contributed by atoms with van der Waals surface area (Å²) in [5.74, 6) is 0.942. The molecule has 1 rings (SSSR count). The molecule has 102 valence electrons. The van der Waals surface area contributed by atoms with E-state index in [9.17, 15) is 0 Å². The first-order valence-corrected chi connectivity index (χ1v) is 6.66. The Hall–Kier alpha value is -1.13. The number of nitrogens with zero attached hydrogens (tertiary/aromatic N) is 3. The molecular formula is C14H26N4. The molecule has 1 aromatic heterocycles. The summed E-state index contributed by atoms with van der Waals surface area (Å²) in [6, 6.07) is 6.14. The van der Waals surface area contributed by atoms with Crippen LogP contribution in [0.5, 0.6) is 0 Å². The average molecular weight is 250 g/mol. The third-order valence-electron chi connectivity index (χ3n) is 2.98. The van der Waals surface area contributed by atoms with Crippen molar-refractivity contribution in [3.05, 3.63) is 23.9 Å². The predicted octanol–water partition coefficient (Wildman–Crippen LogP) is 1.90. The molecule has 0 saturated heterocycles. The van der Waals surface area contributed by atoms with Gasteiger partial charge >= 0.3 is 0 Å². The number of rotatable bonds is 8. The largest absolute Gasteiger partial charge is 0.373 e. The molecule has 1 aromatic rings. The highest BCUT2D eigenvalue weighted by molar-refractivity contribution is 5.34. The van der Waals surface area contributed by atoms with E-state index in [2.05, 4.69) is 53.3 Å². The van der Waals surface area contributed by atoms with E-state index in [1.54, 1.807) is 0 Å². The molecule has 0 aliphatic heterocycles. The molecule has 4 heteroatoms. The summed E-state index contributed by atoms with van der Waals surface area (Å²) in [4.78, 5) is 9.22. The molecule has 0 spiro atoms. The molecule has 1 N–H and O–H groups in total. The maximum absolute atomic E-state index is 4.56. The fourth-order valence-electron chi connectivity index (χ4n) is 1.90. The number of hydrogen-bond acceptors (Lipinski definition) is 4. The minimum absolute atomic E-state index is 0.930. The Morgan fingerprint density at radius 2 is 2.00 bits per heavy atom. The van der Waals surface area contributed by atoms with Crippen LogP contribution in [0.1, 0.15) is 19.0 Å². The topological polar surface area (TPSA) is 31.4 Å². The van der Waals surface area contributed by atoms with E-state index in [0.717, 1.165) is 37.7 Å². The molecule has 0 fully saturated rings. The van der Waals surface area contributed by atoms with Gasteiger partial charge in [-0.25, -0.2) is 4.98 Å². The van der Waals surface area contributed by atoms with Gasteiger partial charge in [0.15, 0.2) is 0 Å². The van der Waals surface area contributed by atoms with Gasteiger partial charge in [0.25, 0.3) is 0 Å². The van der Waals surface area contributed by atoms with Gasteiger partial charge in [0, 0.05) is 13.6 Å². The van der Waals surface area contributed by atoms with Gasteiger partial charge in [-0.2, -0.15) is 0 Å². The fraction of sp³-hybridized carbons (Fsp3) is 0.643. The molecule has 18 heavy (non-hydrogen) atoms. The zero-order chi connectivity index (χ0) is 13.4. The first-order valence-electron chi connectivity index (χ1n) is 6.66. The van der Waals surface area contributed by atoms with Crippen LogP contribution in [0.4, 0.5) is 5.82 Å². The number of pyridine rings is 1. The van der Waals surface area contributed by atoms with E-state index in [1.807, 2.05) is 13.1 Å². The van der Waals surface area contributed by atoms with Gasteiger partial charge in [-0.05, 0) is 52.3 Å². The van der Waals surface area contributed by atoms with Crippen molar-refractivity contribution in [2.24, 2.45) is 0 Å². The normalized spacial score (nSPS) is 11.2. The van der Waals surface area contributed by atoms with Gasteiger partial charge in [0.2, 0.25) is 0 Å². The zero-order valence-corrected chi connectivity index (χ0v) is 12.1. The van der Waals surface area contributed by atoms with Gasteiger partial charge in [0.05, 0.1) is 5.69 Å². The molecule has 0 unspecified atom stereocenters. The highest BCUT2D eigenvalue weighted by Crippen LogP contribution is 2.07. The maximum Gasteiger partial charge on any atom is 0.126 e. The van der Waals surface area contributed by atoms with E-state index in [1.165, 1.54) is 6.42 Å². The molecule has 0 aliphatic rings. The molecule has 0 radical (unpaired) electrons. The number of anilines is 1. The number of aromatic nitrogens is 1. The zero-order valence-electron chi connectivity index (χ0n) is 12.1. The summed E-state index contributed by atoms with van der Waals surface area (Å²) in [5, 5.41) is 3.08. The molecule has 0 aromatic carbocycles. The van der Waals surface area contributed by atoms with Crippen molar-refractivity contribution in [2.75, 3.05) is 46.1 Å². The van der Waals surface area contributed by atoms with Crippen LogP contribution in [0.15, 0.2) is 18.2 Å². The second-order valence-corrected chi connectivity index (χ2v) is 4.79. The van der Waals surface area contributed by atoms with Crippen LogP contribution >= 0.6 is 0 Å². The third kappa shape index (κ3) is 5.47. The third-order valence-corrected chi connectivity index (χ3v) is 2.98. The van der Waals surface area contributed by atoms with Crippen LogP contribution in [-0.4, -0.2) is 55.6 Å². The highest BCUT2D eigenvalue weighted by Gasteiger charge is 2.05. The summed E-state index contributed by atoms with van der Waals surface area (Å²) < 4.78 is 0. The van der Waals surface area contributed by atoms with Crippen molar-refractivity contribution in [3.8, 4) is 0 Å². The van der Waals surface area contributed by atoms with E-state index < -0.39 is 0 Å². The summed E-state index contributed by atoms with van der Waals surface area (Å²) in [6.07, 6.45) is 1.20. The van der Waals surface area contributed by atoms with Crippen molar-refractivity contribution in [1.29, 1.82) is 0 Å². The predicted molar refractivity (Wildman–Crippen MR) is 77.9 cm³/mol. The van der Waals surface area contributed by atoms with Crippen molar-refractivity contribution in [2.45, 2.75) is 19.9 Å². The van der Waals surface area contributed by atoms with Crippen molar-refractivity contribution in [1.82, 2.24) is 14.8 Å². The smallest absolute Gasteiger partial charge is 0.126 e. The molecule has 4 nitrogen and oxygen atoms in total. The summed E-state index contributed by atoms with van der Waals surface area (Å²) in [5.41, 5.74) is 1.13. The average Bonchev–Trinajstić information content (AvgIpc) is 2.37. The Balaban J connectivity index is 2.46. The standard InChI is InChI=1S/C14H26N4/c1-5-18(11-7-10-17(3)4)12-13-8-6-9-14(15-2)16-13/h6,8-9H,5,7,10-12H2,1-4H3,(H,15,16). The van der Waals surface area contributed by atoms with Crippen LogP contribution < -0.4 is 5.32 Å². The van der Waals surface area contributed by atoms with Crippen molar-refractivity contribution in [3.63, 3.8) is 0 Å². The Bertz CT molecular complexity index is 338. The van der Waals surface area contributed by atoms with E-state index in [4.69, 9.17) is 0 Å². The van der Waals surface area contributed by atoms with Crippen LogP contribution in [0.2, 0.25) is 0 Å². The summed E-state index contributed by atoms with van der Waals surface area (Å²) in [6.45, 7) is 6.47. The molecule has 0 atom stereocenters. The van der Waals surface area contributed by atoms with Gasteiger partial charge in [-0.1, -0.05) is 13.0 Å². The van der Waals surface area contributed by atoms with Gasteiger partial charge in [0.1, 0.15) is 5.82 Å². The molecular weight excluding hydrogens is 224 g/mol. The second kappa shape index (κ2) is 8.06. The molecule has 0 saturated carbocycles. The minimum atomic E-state index is 0.930. The quantitative estimate of drug-likeness (QED) is 0.763. The second-order valence-electron chi connectivity index (χ2n) is 4.79. The monoisotopic (exact) mass is 250 g/mol. The SMILES string of the molecule is CCN(CCCN(C)C)Cc1cccc(NC)n1. The Morgan fingerprint density at radius 1 is 1.22 bits per heavy atom. The lowest BCUT2D eigenvalue weighted by Crippen LogP contribution is -2.27. The van der Waals surface area contributed by atoms with E-state index >= 15 is 0 Å². The van der Waals surface area contributed by atoms with Crippen molar-refractivity contribution >= 4 is 5.82 Å². The molecule has 0 aliphatic carbocycles. The Morgan fingerprint density at radius 3 is 2.61 bits per heavy atom. The molecule has 1 heterocycles. The first kappa shape index (κ1) is 14.9. The lowest BCUT2D eigenvalue weighted by Gasteiger charge is -2.21. The summed E-state index contributed by atoms with van der Waals surface area (Å²) >= 11 is 0. The fourth-order valence-corrected chi connectivity index (χ4v) is 1.90. The molecule has 0 amide bonds. The van der Waals surface area contributed by atoms with Gasteiger partial charge in [-0.3, -0.25) is 4.90 Å². The number of nitrogens with one attached hydrogen (secondary N) is 1.